The van der Waals surface area contributed by atoms with Crippen molar-refractivity contribution in [2.75, 3.05) is 0 Å². The quantitative estimate of drug-likeness (QED) is 0.856. The lowest BCUT2D eigenvalue weighted by molar-refractivity contribution is 0.0362. The average molecular weight is 242 g/mol. The van der Waals surface area contributed by atoms with Crippen LogP contribution in [0.4, 0.5) is 0 Å². The number of para-hydroxylation sites is 1. The molecule has 2 heteroatoms. The van der Waals surface area contributed by atoms with Crippen molar-refractivity contribution in [1.82, 2.24) is 0 Å². The highest BCUT2D eigenvalue weighted by Gasteiger charge is 2.10. The number of hydrogen-bond donors (Lipinski definition) is 1. The third-order valence-corrected chi connectivity index (χ3v) is 2.97. The van der Waals surface area contributed by atoms with Crippen molar-refractivity contribution in [2.45, 2.75) is 26.1 Å². The summed E-state index contributed by atoms with van der Waals surface area (Å²) in [5.74, 6) is 0.292. The van der Waals surface area contributed by atoms with Crippen molar-refractivity contribution in [3.63, 3.8) is 0 Å². The molecule has 0 heterocycles. The first-order valence-corrected chi connectivity index (χ1v) is 6.24. The Labute approximate surface area is 108 Å². The second-order valence-electron chi connectivity index (χ2n) is 4.25. The minimum Gasteiger partial charge on any atom is -0.508 e. The highest BCUT2D eigenvalue weighted by molar-refractivity contribution is 5.31. The minimum absolute atomic E-state index is 0.0748. The first-order valence-electron chi connectivity index (χ1n) is 6.24. The molecular weight excluding hydrogens is 224 g/mol. The van der Waals surface area contributed by atoms with Crippen molar-refractivity contribution in [1.29, 1.82) is 0 Å². The molecule has 0 fully saturated rings. The second kappa shape index (κ2) is 6.22. The molecule has 0 aromatic heterocycles. The summed E-state index contributed by atoms with van der Waals surface area (Å²) < 4.78 is 5.88. The van der Waals surface area contributed by atoms with Gasteiger partial charge in [-0.2, -0.15) is 0 Å². The number of rotatable bonds is 5. The molecule has 0 aliphatic heterocycles. The van der Waals surface area contributed by atoms with Crippen LogP contribution in [0.1, 0.15) is 30.6 Å². The summed E-state index contributed by atoms with van der Waals surface area (Å²) in [6, 6.07) is 17.4. The van der Waals surface area contributed by atoms with Gasteiger partial charge in [0.2, 0.25) is 0 Å². The monoisotopic (exact) mass is 242 g/mol. The zero-order chi connectivity index (χ0) is 12.8. The van der Waals surface area contributed by atoms with E-state index in [0.717, 1.165) is 12.0 Å². The smallest absolute Gasteiger partial charge is 0.121 e. The van der Waals surface area contributed by atoms with Gasteiger partial charge in [0.05, 0.1) is 12.7 Å². The SMILES string of the molecule is CCC(OCc1ccccc1O)c1ccccc1. The Bertz CT molecular complexity index is 479. The van der Waals surface area contributed by atoms with E-state index < -0.39 is 0 Å². The van der Waals surface area contributed by atoms with Gasteiger partial charge in [-0.05, 0) is 18.1 Å². The zero-order valence-electron chi connectivity index (χ0n) is 10.5. The maximum absolute atomic E-state index is 9.69. The molecule has 94 valence electrons. The summed E-state index contributed by atoms with van der Waals surface area (Å²) in [4.78, 5) is 0. The van der Waals surface area contributed by atoms with Crippen LogP contribution in [-0.4, -0.2) is 5.11 Å². The molecule has 0 aliphatic carbocycles. The third-order valence-electron chi connectivity index (χ3n) is 2.97. The number of aromatic hydroxyl groups is 1. The standard InChI is InChI=1S/C16H18O2/c1-2-16(13-8-4-3-5-9-13)18-12-14-10-6-7-11-15(14)17/h3-11,16-17H,2,12H2,1H3. The van der Waals surface area contributed by atoms with E-state index in [2.05, 4.69) is 19.1 Å². The van der Waals surface area contributed by atoms with Gasteiger partial charge in [0, 0.05) is 5.56 Å². The fourth-order valence-electron chi connectivity index (χ4n) is 1.94. The Morgan fingerprint density at radius 3 is 2.33 bits per heavy atom. The number of phenolic OH excluding ortho intramolecular Hbond substituents is 1. The zero-order valence-corrected chi connectivity index (χ0v) is 10.5. The Hall–Kier alpha value is -1.80. The van der Waals surface area contributed by atoms with Crippen LogP contribution in [0.15, 0.2) is 54.6 Å². The normalized spacial score (nSPS) is 12.3. The van der Waals surface area contributed by atoms with Crippen LogP contribution in [0.3, 0.4) is 0 Å². The van der Waals surface area contributed by atoms with Gasteiger partial charge in [-0.25, -0.2) is 0 Å². The molecule has 0 saturated carbocycles. The maximum Gasteiger partial charge on any atom is 0.121 e. The number of hydrogen-bond acceptors (Lipinski definition) is 2. The highest BCUT2D eigenvalue weighted by Crippen LogP contribution is 2.24. The van der Waals surface area contributed by atoms with E-state index in [0.29, 0.717) is 12.4 Å². The predicted octanol–water partition coefficient (Wildman–Crippen LogP) is 4.06. The molecule has 0 bridgehead atoms. The first-order chi connectivity index (χ1) is 8.81. The lowest BCUT2D eigenvalue weighted by atomic mass is 10.1. The van der Waals surface area contributed by atoms with E-state index in [9.17, 15) is 5.11 Å². The van der Waals surface area contributed by atoms with E-state index in [1.807, 2.05) is 36.4 Å². The molecule has 1 unspecified atom stereocenters. The molecule has 0 aliphatic rings. The molecule has 2 aromatic rings. The summed E-state index contributed by atoms with van der Waals surface area (Å²) >= 11 is 0. The Kier molecular flexibility index (Phi) is 4.37. The van der Waals surface area contributed by atoms with Crippen molar-refractivity contribution in [3.8, 4) is 5.75 Å². The summed E-state index contributed by atoms with van der Waals surface area (Å²) in [6.45, 7) is 2.53. The maximum atomic E-state index is 9.69. The Morgan fingerprint density at radius 1 is 1.00 bits per heavy atom. The molecule has 18 heavy (non-hydrogen) atoms. The number of phenols is 1. The molecule has 2 rings (SSSR count). The topological polar surface area (TPSA) is 29.5 Å². The molecular formula is C16H18O2. The molecule has 2 nitrogen and oxygen atoms in total. The minimum atomic E-state index is 0.0748. The van der Waals surface area contributed by atoms with Crippen molar-refractivity contribution in [2.24, 2.45) is 0 Å². The molecule has 0 saturated heterocycles. The number of ether oxygens (including phenoxy) is 1. The Morgan fingerprint density at radius 2 is 1.67 bits per heavy atom. The molecule has 0 radical (unpaired) electrons. The fourth-order valence-corrected chi connectivity index (χ4v) is 1.94. The average Bonchev–Trinajstić information content (AvgIpc) is 2.42. The van der Waals surface area contributed by atoms with E-state index in [4.69, 9.17) is 4.74 Å². The Balaban J connectivity index is 2.02. The van der Waals surface area contributed by atoms with Crippen LogP contribution in [-0.2, 0) is 11.3 Å². The van der Waals surface area contributed by atoms with Gasteiger partial charge >= 0.3 is 0 Å². The van der Waals surface area contributed by atoms with Crippen LogP contribution >= 0.6 is 0 Å². The summed E-state index contributed by atoms with van der Waals surface area (Å²) in [7, 11) is 0. The number of benzene rings is 2. The van der Waals surface area contributed by atoms with Crippen molar-refractivity contribution < 1.29 is 9.84 Å². The van der Waals surface area contributed by atoms with Gasteiger partial charge in [0.15, 0.2) is 0 Å². The largest absolute Gasteiger partial charge is 0.508 e. The summed E-state index contributed by atoms with van der Waals surface area (Å²) in [5, 5.41) is 9.69. The van der Waals surface area contributed by atoms with Gasteiger partial charge < -0.3 is 9.84 Å². The van der Waals surface area contributed by atoms with Crippen LogP contribution in [0.2, 0.25) is 0 Å². The van der Waals surface area contributed by atoms with Crippen LogP contribution in [0.25, 0.3) is 0 Å². The second-order valence-corrected chi connectivity index (χ2v) is 4.25. The third kappa shape index (κ3) is 3.11. The first kappa shape index (κ1) is 12.7. The van der Waals surface area contributed by atoms with E-state index in [1.54, 1.807) is 6.07 Å². The molecule has 1 N–H and O–H groups in total. The lowest BCUT2D eigenvalue weighted by Gasteiger charge is -2.17. The molecule has 0 spiro atoms. The predicted molar refractivity (Wildman–Crippen MR) is 72.4 cm³/mol. The van der Waals surface area contributed by atoms with Gasteiger partial charge in [-0.1, -0.05) is 55.5 Å². The molecule has 2 aromatic carbocycles. The van der Waals surface area contributed by atoms with Gasteiger partial charge in [-0.3, -0.25) is 0 Å². The van der Waals surface area contributed by atoms with Crippen molar-refractivity contribution in [3.05, 3.63) is 65.7 Å². The van der Waals surface area contributed by atoms with Gasteiger partial charge in [0.25, 0.3) is 0 Å². The van der Waals surface area contributed by atoms with Crippen molar-refractivity contribution >= 4 is 0 Å². The summed E-state index contributed by atoms with van der Waals surface area (Å²) in [6.07, 6.45) is 0.989. The van der Waals surface area contributed by atoms with E-state index in [1.165, 1.54) is 5.56 Å². The van der Waals surface area contributed by atoms with E-state index in [-0.39, 0.29) is 6.10 Å². The van der Waals surface area contributed by atoms with E-state index >= 15 is 0 Å². The van der Waals surface area contributed by atoms with Gasteiger partial charge in [-0.15, -0.1) is 0 Å². The van der Waals surface area contributed by atoms with Crippen LogP contribution in [0.5, 0.6) is 5.75 Å². The lowest BCUT2D eigenvalue weighted by Crippen LogP contribution is -2.03. The van der Waals surface area contributed by atoms with Crippen LogP contribution in [0, 0.1) is 0 Å². The molecule has 0 amide bonds. The fraction of sp³-hybridized carbons (Fsp3) is 0.250. The summed E-state index contributed by atoms with van der Waals surface area (Å²) in [5.41, 5.74) is 2.00. The van der Waals surface area contributed by atoms with Gasteiger partial charge in [0.1, 0.15) is 5.75 Å². The van der Waals surface area contributed by atoms with Crippen LogP contribution < -0.4 is 0 Å². The highest BCUT2D eigenvalue weighted by atomic mass is 16.5. The molecule has 1 atom stereocenters.